The standard InChI is InChI=1S/C15H9FO2/c16-11-7-5-10(6-8-11)9-13-12-3-1-2-4-14(12)18-15(13)17/h1-9H/b13-9+. The van der Waals surface area contributed by atoms with Gasteiger partial charge in [0.25, 0.3) is 0 Å². The van der Waals surface area contributed by atoms with Crippen LogP contribution in [0, 0.1) is 5.82 Å². The predicted octanol–water partition coefficient (Wildman–Crippen LogP) is 3.29. The molecule has 1 aliphatic heterocycles. The fraction of sp³-hybridized carbons (Fsp3) is 0. The van der Waals surface area contributed by atoms with Crippen LogP contribution in [0.15, 0.2) is 48.5 Å². The number of ether oxygens (including phenoxy) is 1. The molecule has 2 aromatic carbocycles. The maximum atomic E-state index is 12.8. The van der Waals surface area contributed by atoms with Crippen LogP contribution >= 0.6 is 0 Å². The molecule has 1 heterocycles. The molecule has 0 fully saturated rings. The zero-order chi connectivity index (χ0) is 12.5. The molecule has 3 rings (SSSR count). The van der Waals surface area contributed by atoms with E-state index in [9.17, 15) is 9.18 Å². The minimum Gasteiger partial charge on any atom is -0.422 e. The van der Waals surface area contributed by atoms with Crippen LogP contribution in [-0.2, 0) is 4.79 Å². The van der Waals surface area contributed by atoms with Gasteiger partial charge in [-0.2, -0.15) is 0 Å². The summed E-state index contributed by atoms with van der Waals surface area (Å²) in [4.78, 5) is 11.7. The van der Waals surface area contributed by atoms with E-state index in [-0.39, 0.29) is 11.8 Å². The van der Waals surface area contributed by atoms with Crippen LogP contribution in [0.1, 0.15) is 11.1 Å². The number of para-hydroxylation sites is 1. The second-order valence-corrected chi connectivity index (χ2v) is 4.00. The van der Waals surface area contributed by atoms with Crippen LogP contribution in [0.2, 0.25) is 0 Å². The number of carbonyl (C=O) groups excluding carboxylic acids is 1. The minimum atomic E-state index is -0.375. The second kappa shape index (κ2) is 4.11. The summed E-state index contributed by atoms with van der Waals surface area (Å²) in [6.07, 6.45) is 1.70. The number of halogens is 1. The van der Waals surface area contributed by atoms with Crippen molar-refractivity contribution in [3.8, 4) is 5.75 Å². The Labute approximate surface area is 103 Å². The van der Waals surface area contributed by atoms with Crippen molar-refractivity contribution in [1.82, 2.24) is 0 Å². The van der Waals surface area contributed by atoms with E-state index in [1.165, 1.54) is 12.1 Å². The van der Waals surface area contributed by atoms with E-state index >= 15 is 0 Å². The first kappa shape index (κ1) is 10.7. The number of hydrogen-bond donors (Lipinski definition) is 0. The number of carbonyl (C=O) groups is 1. The molecule has 88 valence electrons. The minimum absolute atomic E-state index is 0.299. The van der Waals surface area contributed by atoms with Crippen molar-refractivity contribution < 1.29 is 13.9 Å². The number of benzene rings is 2. The van der Waals surface area contributed by atoms with E-state index in [4.69, 9.17) is 4.74 Å². The largest absolute Gasteiger partial charge is 0.422 e. The summed E-state index contributed by atoms with van der Waals surface area (Å²) in [5, 5.41) is 0. The summed E-state index contributed by atoms with van der Waals surface area (Å²) >= 11 is 0. The molecule has 0 radical (unpaired) electrons. The normalized spacial score (nSPS) is 15.6. The lowest BCUT2D eigenvalue weighted by Crippen LogP contribution is -2.00. The lowest BCUT2D eigenvalue weighted by Gasteiger charge is -1.96. The zero-order valence-corrected chi connectivity index (χ0v) is 9.39. The average Bonchev–Trinajstić information content (AvgIpc) is 2.69. The van der Waals surface area contributed by atoms with Gasteiger partial charge < -0.3 is 4.74 Å². The molecule has 0 bridgehead atoms. The van der Waals surface area contributed by atoms with Gasteiger partial charge in [0.15, 0.2) is 0 Å². The van der Waals surface area contributed by atoms with Gasteiger partial charge in [0.1, 0.15) is 11.6 Å². The zero-order valence-electron chi connectivity index (χ0n) is 9.39. The third-order valence-electron chi connectivity index (χ3n) is 2.78. The third kappa shape index (κ3) is 1.80. The molecule has 0 spiro atoms. The van der Waals surface area contributed by atoms with Crippen LogP contribution in [0.3, 0.4) is 0 Å². The van der Waals surface area contributed by atoms with Crippen molar-refractivity contribution in [2.75, 3.05) is 0 Å². The molecule has 0 atom stereocenters. The summed E-state index contributed by atoms with van der Waals surface area (Å²) in [7, 11) is 0. The van der Waals surface area contributed by atoms with E-state index in [0.29, 0.717) is 11.3 Å². The van der Waals surface area contributed by atoms with E-state index in [1.54, 1.807) is 24.3 Å². The summed E-state index contributed by atoms with van der Waals surface area (Å²) < 4.78 is 17.9. The van der Waals surface area contributed by atoms with Crippen molar-refractivity contribution >= 4 is 17.6 Å². The molecule has 0 aromatic heterocycles. The molecule has 0 N–H and O–H groups in total. The highest BCUT2D eigenvalue weighted by Crippen LogP contribution is 2.34. The highest BCUT2D eigenvalue weighted by atomic mass is 19.1. The molecule has 1 aliphatic rings. The van der Waals surface area contributed by atoms with Crippen LogP contribution < -0.4 is 4.74 Å². The lowest BCUT2D eigenvalue weighted by molar-refractivity contribution is -0.126. The highest BCUT2D eigenvalue weighted by molar-refractivity contribution is 6.25. The monoisotopic (exact) mass is 240 g/mol. The molecule has 0 aliphatic carbocycles. The van der Waals surface area contributed by atoms with Gasteiger partial charge in [-0.25, -0.2) is 9.18 Å². The van der Waals surface area contributed by atoms with Gasteiger partial charge >= 0.3 is 5.97 Å². The first-order valence-electron chi connectivity index (χ1n) is 5.53. The summed E-state index contributed by atoms with van der Waals surface area (Å²) in [6.45, 7) is 0. The Bertz CT molecular complexity index is 642. The van der Waals surface area contributed by atoms with Gasteiger partial charge in [-0.15, -0.1) is 0 Å². The van der Waals surface area contributed by atoms with Crippen LogP contribution in [-0.4, -0.2) is 5.97 Å². The SMILES string of the molecule is O=C1Oc2ccccc2/C1=C\c1ccc(F)cc1. The van der Waals surface area contributed by atoms with Gasteiger partial charge in [0.05, 0.1) is 5.57 Å². The van der Waals surface area contributed by atoms with Crippen LogP contribution in [0.5, 0.6) is 5.75 Å². The first-order valence-corrected chi connectivity index (χ1v) is 5.53. The Morgan fingerprint density at radius 3 is 2.50 bits per heavy atom. The fourth-order valence-electron chi connectivity index (χ4n) is 1.91. The summed E-state index contributed by atoms with van der Waals surface area (Å²) in [5.74, 6) is -0.108. The Morgan fingerprint density at radius 1 is 1.00 bits per heavy atom. The molecule has 3 heteroatoms. The van der Waals surface area contributed by atoms with E-state index in [0.717, 1.165) is 11.1 Å². The van der Waals surface area contributed by atoms with E-state index in [2.05, 4.69) is 0 Å². The fourth-order valence-corrected chi connectivity index (χ4v) is 1.91. The summed E-state index contributed by atoms with van der Waals surface area (Å²) in [5.41, 5.74) is 2.03. The van der Waals surface area contributed by atoms with Crippen molar-refractivity contribution in [3.63, 3.8) is 0 Å². The van der Waals surface area contributed by atoms with Gasteiger partial charge in [-0.1, -0.05) is 30.3 Å². The number of esters is 1. The van der Waals surface area contributed by atoms with Gasteiger partial charge in [0.2, 0.25) is 0 Å². The van der Waals surface area contributed by atoms with E-state index < -0.39 is 0 Å². The van der Waals surface area contributed by atoms with E-state index in [1.807, 2.05) is 18.2 Å². The maximum absolute atomic E-state index is 12.8. The number of rotatable bonds is 1. The molecule has 0 saturated heterocycles. The van der Waals surface area contributed by atoms with Gasteiger partial charge in [-0.05, 0) is 29.8 Å². The quantitative estimate of drug-likeness (QED) is 0.434. The average molecular weight is 240 g/mol. The number of fused-ring (bicyclic) bond motifs is 1. The molecule has 2 aromatic rings. The van der Waals surface area contributed by atoms with Crippen LogP contribution in [0.25, 0.3) is 11.6 Å². The molecule has 0 saturated carbocycles. The van der Waals surface area contributed by atoms with Crippen molar-refractivity contribution in [1.29, 1.82) is 0 Å². The van der Waals surface area contributed by atoms with Crippen molar-refractivity contribution in [3.05, 3.63) is 65.5 Å². The smallest absolute Gasteiger partial charge is 0.344 e. The Hall–Kier alpha value is -2.42. The molecular weight excluding hydrogens is 231 g/mol. The lowest BCUT2D eigenvalue weighted by atomic mass is 10.0. The molecule has 0 unspecified atom stereocenters. The summed E-state index contributed by atoms with van der Waals surface area (Å²) in [6, 6.07) is 13.2. The first-order chi connectivity index (χ1) is 8.74. The number of hydrogen-bond acceptors (Lipinski definition) is 2. The molecule has 0 amide bonds. The third-order valence-corrected chi connectivity index (χ3v) is 2.78. The Balaban J connectivity index is 2.07. The molecule has 2 nitrogen and oxygen atoms in total. The van der Waals surface area contributed by atoms with Crippen LogP contribution in [0.4, 0.5) is 4.39 Å². The topological polar surface area (TPSA) is 26.3 Å². The van der Waals surface area contributed by atoms with Crippen molar-refractivity contribution in [2.24, 2.45) is 0 Å². The predicted molar refractivity (Wildman–Crippen MR) is 66.3 cm³/mol. The molecular formula is C15H9FO2. The van der Waals surface area contributed by atoms with Gasteiger partial charge in [-0.3, -0.25) is 0 Å². The maximum Gasteiger partial charge on any atom is 0.344 e. The highest BCUT2D eigenvalue weighted by Gasteiger charge is 2.25. The second-order valence-electron chi connectivity index (χ2n) is 4.00. The molecule has 18 heavy (non-hydrogen) atoms. The van der Waals surface area contributed by atoms with Crippen molar-refractivity contribution in [2.45, 2.75) is 0 Å². The Morgan fingerprint density at radius 2 is 1.72 bits per heavy atom. The Kier molecular flexibility index (Phi) is 2.45. The van der Waals surface area contributed by atoms with Gasteiger partial charge in [0, 0.05) is 5.56 Å².